The maximum atomic E-state index is 11.3. The van der Waals surface area contributed by atoms with Crippen molar-refractivity contribution in [3.05, 3.63) is 0 Å². The van der Waals surface area contributed by atoms with Crippen molar-refractivity contribution in [2.24, 2.45) is 11.3 Å². The minimum Gasteiger partial charge on any atom is -0.465 e. The Morgan fingerprint density at radius 2 is 1.86 bits per heavy atom. The molecule has 0 saturated heterocycles. The van der Waals surface area contributed by atoms with Gasteiger partial charge < -0.3 is 4.74 Å². The molecule has 1 aliphatic rings. The summed E-state index contributed by atoms with van der Waals surface area (Å²) in [4.78, 5) is 11.3. The zero-order valence-electron chi connectivity index (χ0n) is 9.64. The zero-order chi connectivity index (χ0) is 10.6. The number of esters is 1. The van der Waals surface area contributed by atoms with Crippen LogP contribution in [-0.2, 0) is 9.53 Å². The van der Waals surface area contributed by atoms with E-state index in [1.54, 1.807) is 0 Å². The molecule has 1 fully saturated rings. The molecule has 1 rings (SSSR count). The first-order chi connectivity index (χ1) is 6.53. The average molecular weight is 198 g/mol. The molecule has 0 bridgehead atoms. The van der Waals surface area contributed by atoms with Gasteiger partial charge in [-0.1, -0.05) is 40.0 Å². The number of rotatable bonds is 3. The second kappa shape index (κ2) is 4.81. The van der Waals surface area contributed by atoms with Crippen molar-refractivity contribution in [2.75, 3.05) is 6.61 Å². The van der Waals surface area contributed by atoms with Crippen LogP contribution in [0.2, 0.25) is 0 Å². The van der Waals surface area contributed by atoms with Crippen LogP contribution in [0.15, 0.2) is 0 Å². The predicted octanol–water partition coefficient (Wildman–Crippen LogP) is 3.16. The van der Waals surface area contributed by atoms with Gasteiger partial charge in [-0.15, -0.1) is 0 Å². The van der Waals surface area contributed by atoms with Crippen LogP contribution in [-0.4, -0.2) is 12.6 Å². The van der Waals surface area contributed by atoms with Crippen molar-refractivity contribution < 1.29 is 9.53 Å². The number of ether oxygens (including phenoxy) is 1. The van der Waals surface area contributed by atoms with Gasteiger partial charge in [0.05, 0.1) is 12.5 Å². The Labute approximate surface area is 87.0 Å². The molecule has 1 aliphatic carbocycles. The fourth-order valence-electron chi connectivity index (χ4n) is 1.96. The third-order valence-corrected chi connectivity index (χ3v) is 3.09. The maximum absolute atomic E-state index is 11.3. The fourth-order valence-corrected chi connectivity index (χ4v) is 1.96. The summed E-state index contributed by atoms with van der Waals surface area (Å²) in [6.07, 6.45) is 6.33. The molecule has 0 aromatic rings. The van der Waals surface area contributed by atoms with E-state index in [0.717, 1.165) is 0 Å². The van der Waals surface area contributed by atoms with Crippen LogP contribution in [0.5, 0.6) is 0 Å². The molecule has 0 N–H and O–H groups in total. The highest BCUT2D eigenvalue weighted by atomic mass is 16.5. The number of hydrogen-bond acceptors (Lipinski definition) is 2. The first-order valence-electron chi connectivity index (χ1n) is 5.70. The molecule has 1 saturated carbocycles. The van der Waals surface area contributed by atoms with Gasteiger partial charge >= 0.3 is 5.97 Å². The second-order valence-corrected chi connectivity index (χ2v) is 5.13. The van der Waals surface area contributed by atoms with Crippen molar-refractivity contribution in [1.82, 2.24) is 0 Å². The lowest BCUT2D eigenvalue weighted by atomic mass is 9.76. The van der Waals surface area contributed by atoms with Crippen LogP contribution in [0.1, 0.15) is 52.9 Å². The lowest BCUT2D eigenvalue weighted by Gasteiger charge is -2.32. The Hall–Kier alpha value is -0.530. The van der Waals surface area contributed by atoms with Crippen LogP contribution in [0.4, 0.5) is 0 Å². The van der Waals surface area contributed by atoms with Gasteiger partial charge in [0.25, 0.3) is 0 Å². The molecule has 0 unspecified atom stereocenters. The van der Waals surface area contributed by atoms with Crippen LogP contribution in [0.3, 0.4) is 0 Å². The molecule has 0 aliphatic heterocycles. The van der Waals surface area contributed by atoms with Gasteiger partial charge in [-0.2, -0.15) is 0 Å². The highest BCUT2D eigenvalue weighted by molar-refractivity contribution is 5.71. The zero-order valence-corrected chi connectivity index (χ0v) is 9.64. The van der Waals surface area contributed by atoms with E-state index in [1.807, 2.05) is 13.8 Å². The van der Waals surface area contributed by atoms with E-state index >= 15 is 0 Å². The molecule has 0 heterocycles. The second-order valence-electron chi connectivity index (χ2n) is 5.13. The van der Waals surface area contributed by atoms with Crippen molar-refractivity contribution in [1.29, 1.82) is 0 Å². The van der Waals surface area contributed by atoms with Crippen LogP contribution < -0.4 is 0 Å². The molecule has 0 aromatic carbocycles. The molecule has 14 heavy (non-hydrogen) atoms. The summed E-state index contributed by atoms with van der Waals surface area (Å²) in [7, 11) is 0. The highest BCUT2D eigenvalue weighted by Crippen LogP contribution is 2.35. The normalized spacial score (nSPS) is 20.9. The third-order valence-electron chi connectivity index (χ3n) is 3.09. The molecule has 2 heteroatoms. The molecule has 0 radical (unpaired) electrons. The van der Waals surface area contributed by atoms with E-state index in [0.29, 0.717) is 6.61 Å². The van der Waals surface area contributed by atoms with E-state index < -0.39 is 0 Å². The lowest BCUT2D eigenvalue weighted by Crippen LogP contribution is -2.28. The van der Waals surface area contributed by atoms with Crippen LogP contribution in [0, 0.1) is 11.3 Å². The third kappa shape index (κ3) is 3.32. The summed E-state index contributed by atoms with van der Waals surface area (Å²) in [5, 5.41) is 0. The first kappa shape index (κ1) is 11.5. The Morgan fingerprint density at radius 3 is 2.36 bits per heavy atom. The first-order valence-corrected chi connectivity index (χ1v) is 5.70. The minimum absolute atomic E-state index is 0.00203. The fraction of sp³-hybridized carbons (Fsp3) is 0.917. The van der Waals surface area contributed by atoms with Crippen molar-refractivity contribution in [2.45, 2.75) is 52.9 Å². The Bertz CT molecular complexity index is 190. The largest absolute Gasteiger partial charge is 0.465 e. The average Bonchev–Trinajstić information content (AvgIpc) is 2.15. The quantitative estimate of drug-likeness (QED) is 0.651. The summed E-state index contributed by atoms with van der Waals surface area (Å²) in [5.41, 5.74) is 0.253. The standard InChI is InChI=1S/C12H22O2/c1-10(2)11(13)14-9-12(3)7-5-4-6-8-12/h10H,4-9H2,1-3H3. The lowest BCUT2D eigenvalue weighted by molar-refractivity contribution is -0.151. The maximum Gasteiger partial charge on any atom is 0.308 e. The SMILES string of the molecule is CC(C)C(=O)OCC1(C)CCCCC1. The van der Waals surface area contributed by atoms with Gasteiger partial charge in [0, 0.05) is 5.41 Å². The van der Waals surface area contributed by atoms with E-state index in [9.17, 15) is 4.79 Å². The molecule has 0 aromatic heterocycles. The van der Waals surface area contributed by atoms with E-state index in [2.05, 4.69) is 6.92 Å². The van der Waals surface area contributed by atoms with E-state index in [4.69, 9.17) is 4.74 Å². The Morgan fingerprint density at radius 1 is 1.29 bits per heavy atom. The molecule has 2 nitrogen and oxygen atoms in total. The van der Waals surface area contributed by atoms with Gasteiger partial charge in [0.2, 0.25) is 0 Å². The van der Waals surface area contributed by atoms with Gasteiger partial charge in [0.1, 0.15) is 0 Å². The van der Waals surface area contributed by atoms with Crippen LogP contribution >= 0.6 is 0 Å². The number of hydrogen-bond donors (Lipinski definition) is 0. The monoisotopic (exact) mass is 198 g/mol. The van der Waals surface area contributed by atoms with Gasteiger partial charge in [-0.05, 0) is 12.8 Å². The Kier molecular flexibility index (Phi) is 3.97. The molecule has 82 valence electrons. The summed E-state index contributed by atoms with van der Waals surface area (Å²) in [6, 6.07) is 0. The summed E-state index contributed by atoms with van der Waals surface area (Å²) in [6.45, 7) is 6.61. The topological polar surface area (TPSA) is 26.3 Å². The molecular formula is C12H22O2. The Balaban J connectivity index is 2.32. The van der Waals surface area contributed by atoms with Crippen molar-refractivity contribution in [3.63, 3.8) is 0 Å². The summed E-state index contributed by atoms with van der Waals surface area (Å²) in [5.74, 6) is -0.0565. The molecule has 0 spiro atoms. The predicted molar refractivity (Wildman–Crippen MR) is 57.0 cm³/mol. The van der Waals surface area contributed by atoms with Crippen molar-refractivity contribution in [3.8, 4) is 0 Å². The van der Waals surface area contributed by atoms with E-state index in [1.165, 1.54) is 32.1 Å². The molecule has 0 atom stereocenters. The smallest absolute Gasteiger partial charge is 0.308 e. The van der Waals surface area contributed by atoms with Crippen LogP contribution in [0.25, 0.3) is 0 Å². The number of carbonyl (C=O) groups is 1. The van der Waals surface area contributed by atoms with Crippen molar-refractivity contribution >= 4 is 5.97 Å². The van der Waals surface area contributed by atoms with Gasteiger partial charge in [-0.3, -0.25) is 4.79 Å². The molecular weight excluding hydrogens is 176 g/mol. The van der Waals surface area contributed by atoms with Gasteiger partial charge in [0.15, 0.2) is 0 Å². The number of carbonyl (C=O) groups excluding carboxylic acids is 1. The van der Waals surface area contributed by atoms with E-state index in [-0.39, 0.29) is 17.3 Å². The minimum atomic E-state index is -0.0585. The summed E-state index contributed by atoms with van der Waals surface area (Å²) >= 11 is 0. The highest BCUT2D eigenvalue weighted by Gasteiger charge is 2.28. The summed E-state index contributed by atoms with van der Waals surface area (Å²) < 4.78 is 5.31. The van der Waals surface area contributed by atoms with Gasteiger partial charge in [-0.25, -0.2) is 0 Å². The molecule has 0 amide bonds.